The van der Waals surface area contributed by atoms with Gasteiger partial charge in [-0.25, -0.2) is 0 Å². The number of benzene rings is 2. The van der Waals surface area contributed by atoms with Gasteiger partial charge in [0.25, 0.3) is 0 Å². The molecular weight excluding hydrogens is 374 g/mol. The topological polar surface area (TPSA) is 52.7 Å². The van der Waals surface area contributed by atoms with Gasteiger partial charge in [-0.15, -0.1) is 0 Å². The predicted octanol–water partition coefficient (Wildman–Crippen LogP) is 3.13. The Morgan fingerprint density at radius 2 is 1.50 bits per heavy atom. The van der Waals surface area contributed by atoms with Crippen molar-refractivity contribution in [2.45, 2.75) is 32.7 Å². The van der Waals surface area contributed by atoms with Crippen molar-refractivity contribution >= 4 is 11.7 Å². The molecule has 1 fully saturated rings. The largest absolute Gasteiger partial charge is 0.349 e. The third kappa shape index (κ3) is 7.08. The third-order valence-corrected chi connectivity index (χ3v) is 5.63. The summed E-state index contributed by atoms with van der Waals surface area (Å²) in [7, 11) is 2.20. The quantitative estimate of drug-likeness (QED) is 0.731. The summed E-state index contributed by atoms with van der Waals surface area (Å²) in [5, 5.41) is 2.64. The van der Waals surface area contributed by atoms with Crippen molar-refractivity contribution in [2.75, 3.05) is 39.8 Å². The van der Waals surface area contributed by atoms with Gasteiger partial charge >= 0.3 is 0 Å². The van der Waals surface area contributed by atoms with Crippen LogP contribution in [0.25, 0.3) is 11.1 Å². The Bertz CT molecular complexity index is 830. The molecule has 0 aromatic heterocycles. The highest BCUT2D eigenvalue weighted by Crippen LogP contribution is 2.21. The van der Waals surface area contributed by atoms with Gasteiger partial charge in [-0.05, 0) is 62.2 Å². The van der Waals surface area contributed by atoms with Crippen molar-refractivity contribution < 1.29 is 9.59 Å². The second kappa shape index (κ2) is 11.0. The monoisotopic (exact) mass is 407 g/mol. The van der Waals surface area contributed by atoms with E-state index >= 15 is 0 Å². The summed E-state index contributed by atoms with van der Waals surface area (Å²) in [6.07, 6.45) is 2.31. The summed E-state index contributed by atoms with van der Waals surface area (Å²) < 4.78 is 0. The van der Waals surface area contributed by atoms with Gasteiger partial charge in [0.05, 0.1) is 6.54 Å². The van der Waals surface area contributed by atoms with Crippen molar-refractivity contribution in [3.63, 3.8) is 0 Å². The second-order valence-corrected chi connectivity index (χ2v) is 8.31. The number of nitrogens with one attached hydrogen (secondary N) is 1. The van der Waals surface area contributed by atoms with Gasteiger partial charge in [0, 0.05) is 26.1 Å². The van der Waals surface area contributed by atoms with E-state index in [2.05, 4.69) is 70.7 Å². The number of aryl methyl sites for hydroxylation is 1. The van der Waals surface area contributed by atoms with Gasteiger partial charge in [-0.3, -0.25) is 14.5 Å². The van der Waals surface area contributed by atoms with E-state index in [1.807, 2.05) is 0 Å². The number of carbonyl (C=O) groups is 2. The van der Waals surface area contributed by atoms with E-state index in [0.29, 0.717) is 12.8 Å². The SMILES string of the molecule is CC(=O)CNC(=O)CCc1ccc(-c2ccc(CN3CCCN(C)CC3)cc2)cc1. The number of nitrogens with zero attached hydrogens (tertiary/aromatic N) is 2. The molecule has 5 nitrogen and oxygen atoms in total. The lowest BCUT2D eigenvalue weighted by atomic mass is 10.0. The molecule has 1 amide bonds. The number of rotatable bonds is 8. The standard InChI is InChI=1S/C25H33N3O2/c1-20(29)18-26-25(30)13-8-21-4-9-23(10-5-21)24-11-6-22(7-12-24)19-28-15-3-14-27(2)16-17-28/h4-7,9-12H,3,8,13-19H2,1-2H3,(H,26,30). The van der Waals surface area contributed by atoms with E-state index in [9.17, 15) is 9.59 Å². The summed E-state index contributed by atoms with van der Waals surface area (Å²) in [6, 6.07) is 17.2. The van der Waals surface area contributed by atoms with Gasteiger partial charge in [-0.2, -0.15) is 0 Å². The number of hydrogen-bond donors (Lipinski definition) is 1. The Morgan fingerprint density at radius 1 is 0.867 bits per heavy atom. The van der Waals surface area contributed by atoms with Crippen molar-refractivity contribution in [3.05, 3.63) is 59.7 Å². The number of ketones is 1. The van der Waals surface area contributed by atoms with Crippen LogP contribution < -0.4 is 5.32 Å². The van der Waals surface area contributed by atoms with E-state index in [1.54, 1.807) is 0 Å². The van der Waals surface area contributed by atoms with Crippen molar-refractivity contribution in [3.8, 4) is 11.1 Å². The van der Waals surface area contributed by atoms with Crippen LogP contribution in [0.4, 0.5) is 0 Å². The van der Waals surface area contributed by atoms with Crippen molar-refractivity contribution in [1.82, 2.24) is 15.1 Å². The van der Waals surface area contributed by atoms with Crippen LogP contribution in [0.1, 0.15) is 30.9 Å². The molecule has 0 bridgehead atoms. The molecule has 1 N–H and O–H groups in total. The minimum Gasteiger partial charge on any atom is -0.349 e. The highest BCUT2D eigenvalue weighted by molar-refractivity contribution is 5.84. The fraction of sp³-hybridized carbons (Fsp3) is 0.440. The molecule has 0 unspecified atom stereocenters. The molecule has 0 atom stereocenters. The van der Waals surface area contributed by atoms with Crippen LogP contribution >= 0.6 is 0 Å². The summed E-state index contributed by atoms with van der Waals surface area (Å²) in [5.41, 5.74) is 4.87. The van der Waals surface area contributed by atoms with Crippen molar-refractivity contribution in [2.24, 2.45) is 0 Å². The fourth-order valence-electron chi connectivity index (χ4n) is 3.75. The van der Waals surface area contributed by atoms with Crippen LogP contribution in [-0.4, -0.2) is 61.3 Å². The van der Waals surface area contributed by atoms with E-state index in [0.717, 1.165) is 25.2 Å². The van der Waals surface area contributed by atoms with Crippen LogP contribution in [0.3, 0.4) is 0 Å². The number of hydrogen-bond acceptors (Lipinski definition) is 4. The average Bonchev–Trinajstić information content (AvgIpc) is 2.95. The molecule has 0 aliphatic carbocycles. The predicted molar refractivity (Wildman–Crippen MR) is 121 cm³/mol. The molecule has 1 saturated heterocycles. The first-order valence-electron chi connectivity index (χ1n) is 10.8. The molecule has 0 radical (unpaired) electrons. The lowest BCUT2D eigenvalue weighted by molar-refractivity contribution is -0.124. The normalized spacial score (nSPS) is 15.5. The van der Waals surface area contributed by atoms with Gasteiger partial charge in [0.2, 0.25) is 5.91 Å². The van der Waals surface area contributed by atoms with E-state index in [1.165, 1.54) is 43.1 Å². The molecule has 0 saturated carbocycles. The Hall–Kier alpha value is -2.50. The Kier molecular flexibility index (Phi) is 8.17. The van der Waals surface area contributed by atoms with Crippen LogP contribution in [0.2, 0.25) is 0 Å². The summed E-state index contributed by atoms with van der Waals surface area (Å²) in [6.45, 7) is 7.23. The molecule has 1 heterocycles. The summed E-state index contributed by atoms with van der Waals surface area (Å²) in [4.78, 5) is 27.6. The minimum atomic E-state index is -0.0825. The molecule has 160 valence electrons. The first-order valence-corrected chi connectivity index (χ1v) is 10.8. The molecule has 2 aromatic carbocycles. The molecule has 2 aromatic rings. The highest BCUT2D eigenvalue weighted by Gasteiger charge is 2.12. The van der Waals surface area contributed by atoms with Crippen molar-refractivity contribution in [1.29, 1.82) is 0 Å². The molecule has 1 aliphatic rings. The van der Waals surface area contributed by atoms with Crippen LogP contribution in [0, 0.1) is 0 Å². The fourth-order valence-corrected chi connectivity index (χ4v) is 3.75. The van der Waals surface area contributed by atoms with Gasteiger partial charge < -0.3 is 10.2 Å². The summed E-state index contributed by atoms with van der Waals surface area (Å²) >= 11 is 0. The lowest BCUT2D eigenvalue weighted by Crippen LogP contribution is -2.28. The number of amides is 1. The highest BCUT2D eigenvalue weighted by atomic mass is 16.2. The van der Waals surface area contributed by atoms with Crippen LogP contribution in [0.5, 0.6) is 0 Å². The minimum absolute atomic E-state index is 0.0299. The van der Waals surface area contributed by atoms with E-state index in [-0.39, 0.29) is 18.2 Å². The average molecular weight is 408 g/mol. The Balaban J connectivity index is 1.51. The maximum Gasteiger partial charge on any atom is 0.220 e. The Morgan fingerprint density at radius 3 is 2.13 bits per heavy atom. The maximum absolute atomic E-state index is 11.7. The maximum atomic E-state index is 11.7. The van der Waals surface area contributed by atoms with Gasteiger partial charge in [-0.1, -0.05) is 48.5 Å². The second-order valence-electron chi connectivity index (χ2n) is 8.31. The zero-order valence-corrected chi connectivity index (χ0v) is 18.2. The zero-order valence-electron chi connectivity index (χ0n) is 18.2. The van der Waals surface area contributed by atoms with Gasteiger partial charge in [0.15, 0.2) is 0 Å². The molecule has 0 spiro atoms. The first kappa shape index (κ1) is 22.2. The van der Waals surface area contributed by atoms with Gasteiger partial charge in [0.1, 0.15) is 5.78 Å². The van der Waals surface area contributed by atoms with Crippen LogP contribution in [0.15, 0.2) is 48.5 Å². The van der Waals surface area contributed by atoms with Crippen LogP contribution in [-0.2, 0) is 22.6 Å². The molecular formula is C25H33N3O2. The Labute approximate surface area is 180 Å². The molecule has 5 heteroatoms. The number of Topliss-reactive ketones (excluding diaryl/α,β-unsaturated/α-hetero) is 1. The molecule has 30 heavy (non-hydrogen) atoms. The summed E-state index contributed by atoms with van der Waals surface area (Å²) in [5.74, 6) is -0.112. The molecule has 3 rings (SSSR count). The van der Waals surface area contributed by atoms with E-state index < -0.39 is 0 Å². The number of likely N-dealkylation sites (N-methyl/N-ethyl adjacent to an activating group) is 1. The lowest BCUT2D eigenvalue weighted by Gasteiger charge is -2.20. The third-order valence-electron chi connectivity index (χ3n) is 5.63. The molecule has 1 aliphatic heterocycles. The number of carbonyl (C=O) groups excluding carboxylic acids is 2. The smallest absolute Gasteiger partial charge is 0.220 e. The van der Waals surface area contributed by atoms with E-state index in [4.69, 9.17) is 0 Å². The zero-order chi connectivity index (χ0) is 21.3. The first-order chi connectivity index (χ1) is 14.5.